The van der Waals surface area contributed by atoms with Gasteiger partial charge in [0.1, 0.15) is 0 Å². The molecule has 5 nitrogen and oxygen atoms in total. The topological polar surface area (TPSA) is 67.4 Å². The average Bonchev–Trinajstić information content (AvgIpc) is 2.45. The van der Waals surface area contributed by atoms with Gasteiger partial charge in [-0.3, -0.25) is 9.59 Å². The highest BCUT2D eigenvalue weighted by Crippen LogP contribution is 2.24. The van der Waals surface area contributed by atoms with Crippen molar-refractivity contribution in [2.75, 3.05) is 25.6 Å². The summed E-state index contributed by atoms with van der Waals surface area (Å²) in [6.45, 7) is 4.61. The molecule has 1 aromatic carbocycles. The van der Waals surface area contributed by atoms with Crippen LogP contribution >= 0.6 is 11.8 Å². The second-order valence-electron chi connectivity index (χ2n) is 4.60. The lowest BCUT2D eigenvalue weighted by Crippen LogP contribution is -2.32. The first-order chi connectivity index (χ1) is 10.0. The molecule has 0 aliphatic rings. The number of nitrogens with one attached hydrogen (secondary N) is 2. The maximum absolute atomic E-state index is 11.9. The summed E-state index contributed by atoms with van der Waals surface area (Å²) in [6, 6.07) is 7.44. The lowest BCUT2D eigenvalue weighted by Gasteiger charge is -2.12. The second-order valence-corrected chi connectivity index (χ2v) is 6.02. The van der Waals surface area contributed by atoms with Crippen molar-refractivity contribution in [1.29, 1.82) is 0 Å². The van der Waals surface area contributed by atoms with E-state index in [-0.39, 0.29) is 17.1 Å². The Morgan fingerprint density at radius 2 is 1.95 bits per heavy atom. The number of anilines is 1. The van der Waals surface area contributed by atoms with Gasteiger partial charge in [0.05, 0.1) is 5.25 Å². The Morgan fingerprint density at radius 3 is 2.52 bits per heavy atom. The molecule has 0 radical (unpaired) electrons. The van der Waals surface area contributed by atoms with Crippen molar-refractivity contribution in [3.05, 3.63) is 24.3 Å². The van der Waals surface area contributed by atoms with Crippen molar-refractivity contribution in [2.24, 2.45) is 0 Å². The van der Waals surface area contributed by atoms with Gasteiger partial charge in [-0.1, -0.05) is 0 Å². The lowest BCUT2D eigenvalue weighted by molar-refractivity contribution is -0.120. The zero-order chi connectivity index (χ0) is 15.7. The Balaban J connectivity index is 2.41. The number of hydrogen-bond acceptors (Lipinski definition) is 4. The number of carbonyl (C=O) groups excluding carboxylic acids is 2. The SMILES string of the molecule is COCCCNC(=O)C(C)Sc1ccc(NC(C)=O)cc1. The van der Waals surface area contributed by atoms with Crippen LogP contribution in [0.5, 0.6) is 0 Å². The summed E-state index contributed by atoms with van der Waals surface area (Å²) in [5, 5.41) is 5.42. The summed E-state index contributed by atoms with van der Waals surface area (Å²) in [4.78, 5) is 23.8. The number of hydrogen-bond donors (Lipinski definition) is 2. The van der Waals surface area contributed by atoms with Crippen LogP contribution in [0.2, 0.25) is 0 Å². The van der Waals surface area contributed by atoms with E-state index < -0.39 is 0 Å². The zero-order valence-corrected chi connectivity index (χ0v) is 13.5. The van der Waals surface area contributed by atoms with Crippen LogP contribution in [0.15, 0.2) is 29.2 Å². The smallest absolute Gasteiger partial charge is 0.233 e. The van der Waals surface area contributed by atoms with E-state index in [0.29, 0.717) is 13.2 Å². The molecule has 0 aromatic heterocycles. The first-order valence-electron chi connectivity index (χ1n) is 6.84. The summed E-state index contributed by atoms with van der Waals surface area (Å²) in [5.74, 6) is -0.0822. The van der Waals surface area contributed by atoms with Gasteiger partial charge in [-0.05, 0) is 37.6 Å². The van der Waals surface area contributed by atoms with E-state index >= 15 is 0 Å². The molecule has 0 saturated heterocycles. The van der Waals surface area contributed by atoms with Gasteiger partial charge in [-0.15, -0.1) is 11.8 Å². The van der Waals surface area contributed by atoms with E-state index in [1.807, 2.05) is 31.2 Å². The molecular weight excluding hydrogens is 288 g/mol. The minimum absolute atomic E-state index is 0.0158. The van der Waals surface area contributed by atoms with Gasteiger partial charge in [0, 0.05) is 37.8 Å². The number of benzene rings is 1. The molecule has 2 amide bonds. The number of carbonyl (C=O) groups is 2. The number of thioether (sulfide) groups is 1. The third kappa shape index (κ3) is 7.15. The molecule has 0 spiro atoms. The molecule has 0 aliphatic carbocycles. The molecule has 0 heterocycles. The van der Waals surface area contributed by atoms with Crippen LogP contribution in [0.1, 0.15) is 20.3 Å². The molecule has 0 fully saturated rings. The Bertz CT molecular complexity index is 462. The fraction of sp³-hybridized carbons (Fsp3) is 0.467. The number of ether oxygens (including phenoxy) is 1. The zero-order valence-electron chi connectivity index (χ0n) is 12.6. The highest BCUT2D eigenvalue weighted by Gasteiger charge is 2.13. The van der Waals surface area contributed by atoms with Gasteiger partial charge in [-0.2, -0.15) is 0 Å². The number of methoxy groups -OCH3 is 1. The lowest BCUT2D eigenvalue weighted by atomic mass is 10.3. The van der Waals surface area contributed by atoms with Gasteiger partial charge in [0.25, 0.3) is 0 Å². The van der Waals surface area contributed by atoms with Crippen LogP contribution in [0.25, 0.3) is 0 Å². The van der Waals surface area contributed by atoms with Crippen molar-refractivity contribution in [3.8, 4) is 0 Å². The molecule has 1 rings (SSSR count). The van der Waals surface area contributed by atoms with Crippen molar-refractivity contribution in [3.63, 3.8) is 0 Å². The van der Waals surface area contributed by atoms with Crippen LogP contribution in [0.3, 0.4) is 0 Å². The fourth-order valence-electron chi connectivity index (χ4n) is 1.65. The Labute approximate surface area is 129 Å². The van der Waals surface area contributed by atoms with E-state index in [4.69, 9.17) is 4.74 Å². The quantitative estimate of drug-likeness (QED) is 0.571. The van der Waals surface area contributed by atoms with Crippen LogP contribution in [-0.2, 0) is 14.3 Å². The molecule has 1 aromatic rings. The summed E-state index contributed by atoms with van der Waals surface area (Å²) >= 11 is 1.49. The van der Waals surface area contributed by atoms with Crippen molar-refractivity contribution >= 4 is 29.3 Å². The molecule has 6 heteroatoms. The normalized spacial score (nSPS) is 11.8. The third-order valence-corrected chi connectivity index (χ3v) is 3.79. The van der Waals surface area contributed by atoms with Crippen molar-refractivity contribution in [2.45, 2.75) is 30.4 Å². The molecule has 116 valence electrons. The molecule has 1 unspecified atom stereocenters. The van der Waals surface area contributed by atoms with Crippen LogP contribution in [-0.4, -0.2) is 37.3 Å². The third-order valence-electron chi connectivity index (χ3n) is 2.68. The molecule has 0 saturated carbocycles. The molecule has 0 aliphatic heterocycles. The second kappa shape index (κ2) is 9.41. The fourth-order valence-corrected chi connectivity index (χ4v) is 2.54. The Kier molecular flexibility index (Phi) is 7.85. The first-order valence-corrected chi connectivity index (χ1v) is 7.72. The molecule has 2 N–H and O–H groups in total. The molecule has 1 atom stereocenters. The average molecular weight is 310 g/mol. The van der Waals surface area contributed by atoms with Crippen LogP contribution < -0.4 is 10.6 Å². The monoisotopic (exact) mass is 310 g/mol. The van der Waals surface area contributed by atoms with E-state index in [1.165, 1.54) is 18.7 Å². The molecule has 0 bridgehead atoms. The van der Waals surface area contributed by atoms with Gasteiger partial charge < -0.3 is 15.4 Å². The summed E-state index contributed by atoms with van der Waals surface area (Å²) < 4.78 is 4.93. The predicted molar refractivity (Wildman–Crippen MR) is 85.6 cm³/mol. The van der Waals surface area contributed by atoms with E-state index in [0.717, 1.165) is 17.0 Å². The van der Waals surface area contributed by atoms with Crippen molar-refractivity contribution < 1.29 is 14.3 Å². The van der Waals surface area contributed by atoms with Gasteiger partial charge in [0.2, 0.25) is 11.8 Å². The molecule has 21 heavy (non-hydrogen) atoms. The minimum Gasteiger partial charge on any atom is -0.385 e. The summed E-state index contributed by atoms with van der Waals surface area (Å²) in [7, 11) is 1.64. The highest BCUT2D eigenvalue weighted by molar-refractivity contribution is 8.00. The standard InChI is InChI=1S/C15H22N2O3S/c1-11(15(19)16-9-4-10-20-3)21-14-7-5-13(6-8-14)17-12(2)18/h5-8,11H,4,9-10H2,1-3H3,(H,16,19)(H,17,18). The Morgan fingerprint density at radius 1 is 1.29 bits per heavy atom. The highest BCUT2D eigenvalue weighted by atomic mass is 32.2. The van der Waals surface area contributed by atoms with Crippen LogP contribution in [0, 0.1) is 0 Å². The predicted octanol–water partition coefficient (Wildman–Crippen LogP) is 2.28. The summed E-state index contributed by atoms with van der Waals surface area (Å²) in [6.07, 6.45) is 0.811. The van der Waals surface area contributed by atoms with Gasteiger partial charge in [-0.25, -0.2) is 0 Å². The Hall–Kier alpha value is -1.53. The van der Waals surface area contributed by atoms with Gasteiger partial charge >= 0.3 is 0 Å². The summed E-state index contributed by atoms with van der Waals surface area (Å²) in [5.41, 5.74) is 0.753. The minimum atomic E-state index is -0.167. The van der Waals surface area contributed by atoms with Crippen LogP contribution in [0.4, 0.5) is 5.69 Å². The maximum atomic E-state index is 11.9. The largest absolute Gasteiger partial charge is 0.385 e. The number of amides is 2. The maximum Gasteiger partial charge on any atom is 0.233 e. The van der Waals surface area contributed by atoms with Gasteiger partial charge in [0.15, 0.2) is 0 Å². The van der Waals surface area contributed by atoms with E-state index in [1.54, 1.807) is 7.11 Å². The first kappa shape index (κ1) is 17.5. The molecular formula is C15H22N2O3S. The number of rotatable bonds is 8. The van der Waals surface area contributed by atoms with E-state index in [2.05, 4.69) is 10.6 Å². The van der Waals surface area contributed by atoms with E-state index in [9.17, 15) is 9.59 Å². The van der Waals surface area contributed by atoms with Crippen molar-refractivity contribution in [1.82, 2.24) is 5.32 Å².